The van der Waals surface area contributed by atoms with Crippen LogP contribution in [0.3, 0.4) is 0 Å². The van der Waals surface area contributed by atoms with Crippen LogP contribution < -0.4 is 10.1 Å². The van der Waals surface area contributed by atoms with Gasteiger partial charge >= 0.3 is 0 Å². The van der Waals surface area contributed by atoms with Gasteiger partial charge in [0.1, 0.15) is 5.75 Å². The number of nitrogens with zero attached hydrogens (tertiary/aromatic N) is 1. The van der Waals surface area contributed by atoms with Crippen LogP contribution >= 0.6 is 0 Å². The fraction of sp³-hybridized carbons (Fsp3) is 0.263. The van der Waals surface area contributed by atoms with Crippen molar-refractivity contribution in [1.29, 1.82) is 0 Å². The molecule has 1 saturated heterocycles. The van der Waals surface area contributed by atoms with Gasteiger partial charge in [-0.05, 0) is 43.2 Å². The number of carbonyl (C=O) groups is 2. The molecule has 3 rings (SSSR count). The molecule has 0 aliphatic carbocycles. The van der Waals surface area contributed by atoms with Crippen LogP contribution in [0, 0.1) is 0 Å². The van der Waals surface area contributed by atoms with Gasteiger partial charge < -0.3 is 15.0 Å². The smallest absolute Gasteiger partial charge is 0.255 e. The molecule has 0 atom stereocenters. The molecule has 1 fully saturated rings. The summed E-state index contributed by atoms with van der Waals surface area (Å²) in [6.45, 7) is 1.58. The molecule has 1 aliphatic rings. The molecule has 2 aromatic rings. The number of likely N-dealkylation sites (tertiary alicyclic amines) is 1. The van der Waals surface area contributed by atoms with E-state index in [-0.39, 0.29) is 11.8 Å². The first kappa shape index (κ1) is 16.1. The molecule has 1 N–H and O–H groups in total. The quantitative estimate of drug-likeness (QED) is 0.939. The first-order chi connectivity index (χ1) is 11.7. The predicted octanol–water partition coefficient (Wildman–Crippen LogP) is 3.18. The standard InChI is InChI=1S/C19H20N2O3/c1-24-17-9-5-8-16(13-17)20-18(22)14-6-4-7-15(12-14)19(23)21-10-2-3-11-21/h4-9,12-13H,2-3,10-11H2,1H3,(H,20,22). The van der Waals surface area contributed by atoms with E-state index in [0.717, 1.165) is 25.9 Å². The molecule has 24 heavy (non-hydrogen) atoms. The third-order valence-corrected chi connectivity index (χ3v) is 4.09. The summed E-state index contributed by atoms with van der Waals surface area (Å²) in [5, 5.41) is 2.82. The Balaban J connectivity index is 1.75. The molecule has 0 spiro atoms. The van der Waals surface area contributed by atoms with Crippen LogP contribution in [-0.4, -0.2) is 36.9 Å². The molecule has 1 heterocycles. The number of nitrogens with one attached hydrogen (secondary N) is 1. The van der Waals surface area contributed by atoms with E-state index < -0.39 is 0 Å². The summed E-state index contributed by atoms with van der Waals surface area (Å²) in [7, 11) is 1.58. The lowest BCUT2D eigenvalue weighted by molar-refractivity contribution is 0.0793. The van der Waals surface area contributed by atoms with E-state index in [4.69, 9.17) is 4.74 Å². The molecule has 5 nitrogen and oxygen atoms in total. The summed E-state index contributed by atoms with van der Waals surface area (Å²) >= 11 is 0. The minimum atomic E-state index is -0.251. The van der Waals surface area contributed by atoms with Crippen molar-refractivity contribution in [2.24, 2.45) is 0 Å². The Bertz CT molecular complexity index is 752. The highest BCUT2D eigenvalue weighted by molar-refractivity contribution is 6.06. The Morgan fingerprint density at radius 3 is 2.46 bits per heavy atom. The maximum Gasteiger partial charge on any atom is 0.255 e. The molecule has 2 aromatic carbocycles. The van der Waals surface area contributed by atoms with Gasteiger partial charge in [0.2, 0.25) is 0 Å². The molecule has 0 saturated carbocycles. The van der Waals surface area contributed by atoms with E-state index in [2.05, 4.69) is 5.32 Å². The zero-order valence-electron chi connectivity index (χ0n) is 13.6. The minimum absolute atomic E-state index is 0.0106. The molecule has 0 aromatic heterocycles. The van der Waals surface area contributed by atoms with E-state index in [9.17, 15) is 9.59 Å². The van der Waals surface area contributed by atoms with E-state index in [1.54, 1.807) is 43.5 Å². The van der Waals surface area contributed by atoms with E-state index >= 15 is 0 Å². The molecule has 124 valence electrons. The lowest BCUT2D eigenvalue weighted by Gasteiger charge is -2.15. The number of carbonyl (C=O) groups excluding carboxylic acids is 2. The fourth-order valence-corrected chi connectivity index (χ4v) is 2.80. The highest BCUT2D eigenvalue weighted by Crippen LogP contribution is 2.18. The zero-order chi connectivity index (χ0) is 16.9. The van der Waals surface area contributed by atoms with Gasteiger partial charge in [0.25, 0.3) is 11.8 Å². The van der Waals surface area contributed by atoms with Crippen molar-refractivity contribution in [2.75, 3.05) is 25.5 Å². The second kappa shape index (κ2) is 7.17. The molecule has 0 bridgehead atoms. The summed E-state index contributed by atoms with van der Waals surface area (Å²) in [6.07, 6.45) is 2.09. The van der Waals surface area contributed by atoms with Gasteiger partial charge in [-0.3, -0.25) is 9.59 Å². The SMILES string of the molecule is COc1cccc(NC(=O)c2cccc(C(=O)N3CCCC3)c2)c1. The predicted molar refractivity (Wildman–Crippen MR) is 92.5 cm³/mol. The Morgan fingerprint density at radius 1 is 1.00 bits per heavy atom. The number of hydrogen-bond donors (Lipinski definition) is 1. The van der Waals surface area contributed by atoms with Gasteiger partial charge in [0, 0.05) is 36.0 Å². The van der Waals surface area contributed by atoms with Crippen LogP contribution in [0.2, 0.25) is 0 Å². The zero-order valence-corrected chi connectivity index (χ0v) is 13.6. The highest BCUT2D eigenvalue weighted by Gasteiger charge is 2.20. The average Bonchev–Trinajstić information content (AvgIpc) is 3.16. The topological polar surface area (TPSA) is 58.6 Å². The number of benzene rings is 2. The summed E-state index contributed by atoms with van der Waals surface area (Å²) in [5.74, 6) is 0.411. The van der Waals surface area contributed by atoms with E-state index in [1.807, 2.05) is 17.0 Å². The van der Waals surface area contributed by atoms with Crippen LogP contribution in [-0.2, 0) is 0 Å². The Morgan fingerprint density at radius 2 is 1.71 bits per heavy atom. The van der Waals surface area contributed by atoms with Gasteiger partial charge in [-0.25, -0.2) is 0 Å². The molecule has 0 unspecified atom stereocenters. The van der Waals surface area contributed by atoms with E-state index in [1.165, 1.54) is 0 Å². The lowest BCUT2D eigenvalue weighted by Crippen LogP contribution is -2.27. The van der Waals surface area contributed by atoms with Crippen LogP contribution in [0.5, 0.6) is 5.75 Å². The number of hydrogen-bond acceptors (Lipinski definition) is 3. The van der Waals surface area contributed by atoms with Crippen molar-refractivity contribution in [1.82, 2.24) is 4.90 Å². The van der Waals surface area contributed by atoms with Crippen LogP contribution in [0.15, 0.2) is 48.5 Å². The van der Waals surface area contributed by atoms with Crippen molar-refractivity contribution in [3.8, 4) is 5.75 Å². The maximum absolute atomic E-state index is 12.4. The van der Waals surface area contributed by atoms with Gasteiger partial charge in [-0.2, -0.15) is 0 Å². The second-order valence-electron chi connectivity index (χ2n) is 5.77. The lowest BCUT2D eigenvalue weighted by atomic mass is 10.1. The largest absolute Gasteiger partial charge is 0.497 e. The molecule has 2 amide bonds. The van der Waals surface area contributed by atoms with Crippen molar-refractivity contribution in [3.05, 3.63) is 59.7 Å². The van der Waals surface area contributed by atoms with Gasteiger partial charge in [-0.15, -0.1) is 0 Å². The number of ether oxygens (including phenoxy) is 1. The van der Waals surface area contributed by atoms with Gasteiger partial charge in [0.05, 0.1) is 7.11 Å². The Kier molecular flexibility index (Phi) is 4.79. The molecular formula is C19H20N2O3. The first-order valence-electron chi connectivity index (χ1n) is 8.02. The number of amides is 2. The molecule has 5 heteroatoms. The third kappa shape index (κ3) is 3.56. The van der Waals surface area contributed by atoms with Gasteiger partial charge in [0.15, 0.2) is 0 Å². The summed E-state index contributed by atoms with van der Waals surface area (Å²) < 4.78 is 5.15. The van der Waals surface area contributed by atoms with Crippen molar-refractivity contribution >= 4 is 17.5 Å². The Hall–Kier alpha value is -2.82. The second-order valence-corrected chi connectivity index (χ2v) is 5.77. The normalized spacial score (nSPS) is 13.6. The maximum atomic E-state index is 12.4. The summed E-state index contributed by atoms with van der Waals surface area (Å²) in [5.41, 5.74) is 1.66. The summed E-state index contributed by atoms with van der Waals surface area (Å²) in [6, 6.07) is 14.0. The van der Waals surface area contributed by atoms with Crippen LogP contribution in [0.4, 0.5) is 5.69 Å². The Labute approximate surface area is 141 Å². The molecule has 1 aliphatic heterocycles. The van der Waals surface area contributed by atoms with Crippen molar-refractivity contribution in [3.63, 3.8) is 0 Å². The first-order valence-corrected chi connectivity index (χ1v) is 8.02. The fourth-order valence-electron chi connectivity index (χ4n) is 2.80. The van der Waals surface area contributed by atoms with Crippen molar-refractivity contribution < 1.29 is 14.3 Å². The van der Waals surface area contributed by atoms with Crippen LogP contribution in [0.1, 0.15) is 33.6 Å². The summed E-state index contributed by atoms with van der Waals surface area (Å²) in [4.78, 5) is 26.7. The molecular weight excluding hydrogens is 304 g/mol. The highest BCUT2D eigenvalue weighted by atomic mass is 16.5. The van der Waals surface area contributed by atoms with E-state index in [0.29, 0.717) is 22.6 Å². The molecule has 0 radical (unpaired) electrons. The van der Waals surface area contributed by atoms with Crippen LogP contribution in [0.25, 0.3) is 0 Å². The van der Waals surface area contributed by atoms with Gasteiger partial charge in [-0.1, -0.05) is 12.1 Å². The number of anilines is 1. The minimum Gasteiger partial charge on any atom is -0.497 e. The third-order valence-electron chi connectivity index (χ3n) is 4.09. The number of methoxy groups -OCH3 is 1. The number of rotatable bonds is 4. The van der Waals surface area contributed by atoms with Crippen molar-refractivity contribution in [2.45, 2.75) is 12.8 Å². The monoisotopic (exact) mass is 324 g/mol. The average molecular weight is 324 g/mol.